The van der Waals surface area contributed by atoms with Gasteiger partial charge in [-0.1, -0.05) is 0 Å². The van der Waals surface area contributed by atoms with Gasteiger partial charge in [0.05, 0.1) is 5.52 Å². The second-order valence-electron chi connectivity index (χ2n) is 2.87. The van der Waals surface area contributed by atoms with E-state index in [1.807, 2.05) is 0 Å². The zero-order valence-electron chi connectivity index (χ0n) is 7.01. The lowest BCUT2D eigenvalue weighted by Crippen LogP contribution is -2.14. The predicted molar refractivity (Wildman–Crippen MR) is 49.8 cm³/mol. The number of hydrogen-bond donors (Lipinski definition) is 0. The molecule has 2 aromatic rings. The van der Waals surface area contributed by atoms with Gasteiger partial charge in [-0.2, -0.15) is 0 Å². The van der Waals surface area contributed by atoms with Crippen molar-refractivity contribution in [3.63, 3.8) is 0 Å². The molecular weight excluding hydrogens is 171 g/mol. The minimum Gasteiger partial charge on any atom is -0.256 e. The van der Waals surface area contributed by atoms with Crippen LogP contribution in [0.4, 0.5) is 8.78 Å². The van der Waals surface area contributed by atoms with Crippen LogP contribution in [-0.4, -0.2) is 12.8 Å². The summed E-state index contributed by atoms with van der Waals surface area (Å²) >= 11 is 0. The summed E-state index contributed by atoms with van der Waals surface area (Å²) in [4.78, 5) is 3.86. The fourth-order valence-corrected chi connectivity index (χ4v) is 1.25. The minimum atomic E-state index is -0.552. The highest BCUT2D eigenvalue weighted by Gasteiger charge is 2.08. The summed E-state index contributed by atoms with van der Waals surface area (Å²) in [5.41, 5.74) is 0.392. The summed E-state index contributed by atoms with van der Waals surface area (Å²) in [6.45, 7) is 0. The smallest absolute Gasteiger partial charge is 0.147 e. The molecule has 2 rings (SSSR count). The highest BCUT2D eigenvalue weighted by molar-refractivity contribution is 6.33. The molecule has 0 aliphatic rings. The van der Waals surface area contributed by atoms with Crippen molar-refractivity contribution in [3.8, 4) is 0 Å². The van der Waals surface area contributed by atoms with Crippen molar-refractivity contribution in [3.05, 3.63) is 36.0 Å². The van der Waals surface area contributed by atoms with E-state index in [2.05, 4.69) is 4.98 Å². The van der Waals surface area contributed by atoms with Crippen molar-refractivity contribution in [1.82, 2.24) is 4.98 Å². The Morgan fingerprint density at radius 2 is 2.08 bits per heavy atom. The first-order chi connectivity index (χ1) is 6.20. The van der Waals surface area contributed by atoms with Crippen LogP contribution in [0.3, 0.4) is 0 Å². The molecule has 0 saturated carbocycles. The Kier molecular flexibility index (Phi) is 1.76. The van der Waals surface area contributed by atoms with Crippen molar-refractivity contribution in [2.24, 2.45) is 0 Å². The Balaban J connectivity index is 2.94. The molecule has 1 aromatic heterocycles. The van der Waals surface area contributed by atoms with Gasteiger partial charge in [-0.25, -0.2) is 8.78 Å². The maximum atomic E-state index is 13.4. The maximum Gasteiger partial charge on any atom is 0.147 e. The lowest BCUT2D eigenvalue weighted by molar-refractivity contribution is 0.606. The summed E-state index contributed by atoms with van der Waals surface area (Å²) in [6.07, 6.45) is 1.51. The van der Waals surface area contributed by atoms with E-state index < -0.39 is 11.6 Å². The van der Waals surface area contributed by atoms with E-state index >= 15 is 0 Å². The van der Waals surface area contributed by atoms with Crippen LogP contribution in [0, 0.1) is 11.6 Å². The average Bonchev–Trinajstić information content (AvgIpc) is 2.15. The van der Waals surface area contributed by atoms with E-state index in [1.165, 1.54) is 20.1 Å². The SMILES string of the molecule is Bc1c(F)cc2ncccc2c1F. The summed E-state index contributed by atoms with van der Waals surface area (Å²) in [5, 5.41) is 0.362. The molecule has 0 aliphatic carbocycles. The lowest BCUT2D eigenvalue weighted by atomic mass is 9.93. The van der Waals surface area contributed by atoms with Gasteiger partial charge in [0.25, 0.3) is 0 Å². The lowest BCUT2D eigenvalue weighted by Gasteiger charge is -2.02. The molecule has 64 valence electrons. The number of benzene rings is 1. The number of rotatable bonds is 0. The van der Waals surface area contributed by atoms with Gasteiger partial charge in [0, 0.05) is 11.6 Å². The third-order valence-corrected chi connectivity index (χ3v) is 2.03. The van der Waals surface area contributed by atoms with Gasteiger partial charge < -0.3 is 0 Å². The Labute approximate surface area is 74.8 Å². The molecule has 0 amide bonds. The molecule has 4 heteroatoms. The van der Waals surface area contributed by atoms with Gasteiger partial charge >= 0.3 is 0 Å². The molecule has 0 N–H and O–H groups in total. The number of aromatic nitrogens is 1. The molecule has 0 spiro atoms. The molecular formula is C9H6BF2N. The van der Waals surface area contributed by atoms with E-state index in [9.17, 15) is 8.78 Å². The van der Waals surface area contributed by atoms with Crippen LogP contribution in [0.1, 0.15) is 0 Å². The number of nitrogens with zero attached hydrogens (tertiary/aromatic N) is 1. The Hall–Kier alpha value is -1.45. The third kappa shape index (κ3) is 1.18. The second-order valence-corrected chi connectivity index (χ2v) is 2.87. The largest absolute Gasteiger partial charge is 0.256 e. The third-order valence-electron chi connectivity index (χ3n) is 2.03. The molecule has 0 atom stereocenters. The van der Waals surface area contributed by atoms with Crippen LogP contribution in [0.15, 0.2) is 24.4 Å². The molecule has 0 fully saturated rings. The maximum absolute atomic E-state index is 13.4. The zero-order chi connectivity index (χ0) is 9.42. The highest BCUT2D eigenvalue weighted by Crippen LogP contribution is 2.14. The van der Waals surface area contributed by atoms with Crippen molar-refractivity contribution in [2.75, 3.05) is 0 Å². The van der Waals surface area contributed by atoms with Crippen molar-refractivity contribution in [2.45, 2.75) is 0 Å². The molecule has 0 radical (unpaired) electrons. The summed E-state index contributed by atoms with van der Waals surface area (Å²) in [6, 6.07) is 4.46. The standard InChI is InChI=1S/C9H6BF2N/c10-8-6(11)4-7-5(9(8)12)2-1-3-13-7/h1-4H,10H2. The van der Waals surface area contributed by atoms with Crippen molar-refractivity contribution in [1.29, 1.82) is 0 Å². The second kappa shape index (κ2) is 2.80. The van der Waals surface area contributed by atoms with Crippen LogP contribution in [0.2, 0.25) is 0 Å². The van der Waals surface area contributed by atoms with Gasteiger partial charge in [-0.05, 0) is 23.7 Å². The quantitative estimate of drug-likeness (QED) is 0.541. The van der Waals surface area contributed by atoms with Crippen molar-refractivity contribution >= 4 is 24.2 Å². The predicted octanol–water partition coefficient (Wildman–Crippen LogP) is 0.771. The van der Waals surface area contributed by atoms with Gasteiger partial charge in [0.1, 0.15) is 19.5 Å². The summed E-state index contributed by atoms with van der Waals surface area (Å²) in [5.74, 6) is -1.08. The van der Waals surface area contributed by atoms with E-state index in [0.717, 1.165) is 0 Å². The first-order valence-electron chi connectivity index (χ1n) is 3.89. The normalized spacial score (nSPS) is 10.6. The average molecular weight is 177 g/mol. The number of halogens is 2. The topological polar surface area (TPSA) is 12.9 Å². The van der Waals surface area contributed by atoms with Crippen molar-refractivity contribution < 1.29 is 8.78 Å². The van der Waals surface area contributed by atoms with Crippen LogP contribution in [-0.2, 0) is 0 Å². The summed E-state index contributed by atoms with van der Waals surface area (Å²) < 4.78 is 26.4. The van der Waals surface area contributed by atoms with Gasteiger partial charge in [0.2, 0.25) is 0 Å². The molecule has 0 unspecified atom stereocenters. The van der Waals surface area contributed by atoms with Gasteiger partial charge in [0.15, 0.2) is 0 Å². The Morgan fingerprint density at radius 3 is 2.85 bits per heavy atom. The zero-order valence-corrected chi connectivity index (χ0v) is 7.01. The van der Waals surface area contributed by atoms with Crippen LogP contribution < -0.4 is 5.46 Å². The molecule has 1 nitrogen and oxygen atoms in total. The monoisotopic (exact) mass is 177 g/mol. The number of hydrogen-bond acceptors (Lipinski definition) is 1. The molecule has 0 saturated heterocycles. The molecule has 0 bridgehead atoms. The number of pyridine rings is 1. The fraction of sp³-hybridized carbons (Fsp3) is 0. The fourth-order valence-electron chi connectivity index (χ4n) is 1.25. The van der Waals surface area contributed by atoms with E-state index in [4.69, 9.17) is 0 Å². The van der Waals surface area contributed by atoms with Gasteiger partial charge in [-0.3, -0.25) is 4.98 Å². The molecule has 1 heterocycles. The first-order valence-corrected chi connectivity index (χ1v) is 3.89. The molecule has 13 heavy (non-hydrogen) atoms. The minimum absolute atomic E-state index is 0.0421. The molecule has 0 aliphatic heterocycles. The Morgan fingerprint density at radius 1 is 1.31 bits per heavy atom. The number of fused-ring (bicyclic) bond motifs is 1. The van der Waals surface area contributed by atoms with Crippen LogP contribution in [0.25, 0.3) is 10.9 Å². The van der Waals surface area contributed by atoms with E-state index in [-0.39, 0.29) is 5.46 Å². The van der Waals surface area contributed by atoms with E-state index in [1.54, 1.807) is 12.1 Å². The van der Waals surface area contributed by atoms with E-state index in [0.29, 0.717) is 10.9 Å². The first kappa shape index (κ1) is 8.17. The van der Waals surface area contributed by atoms with Crippen LogP contribution >= 0.6 is 0 Å². The van der Waals surface area contributed by atoms with Crippen LogP contribution in [0.5, 0.6) is 0 Å². The Bertz CT molecular complexity index is 470. The summed E-state index contributed by atoms with van der Waals surface area (Å²) in [7, 11) is 1.41. The highest BCUT2D eigenvalue weighted by atomic mass is 19.1. The van der Waals surface area contributed by atoms with Gasteiger partial charge in [-0.15, -0.1) is 0 Å². The molecule has 1 aromatic carbocycles.